The molecule has 0 saturated carbocycles. The lowest BCUT2D eigenvalue weighted by atomic mass is 10.1. The van der Waals surface area contributed by atoms with Crippen LogP contribution in [0.5, 0.6) is 0 Å². The number of rotatable bonds is 4. The average Bonchev–Trinajstić information content (AvgIpc) is 2.47. The zero-order chi connectivity index (χ0) is 9.84. The van der Waals surface area contributed by atoms with Crippen molar-refractivity contribution in [3.8, 4) is 0 Å². The first-order valence-electron chi connectivity index (χ1n) is 4.58. The number of carbonyl (C=O) groups is 1. The van der Waals surface area contributed by atoms with Gasteiger partial charge >= 0.3 is 0 Å². The number of hydrogen-bond donors (Lipinski definition) is 1. The monoisotopic (exact) mass is 203 g/mol. The summed E-state index contributed by atoms with van der Waals surface area (Å²) in [5.41, 5.74) is 0. The number of thioether (sulfide) groups is 1. The summed E-state index contributed by atoms with van der Waals surface area (Å²) in [5, 5.41) is 9.40. The van der Waals surface area contributed by atoms with Crippen LogP contribution >= 0.6 is 11.8 Å². The second-order valence-corrected chi connectivity index (χ2v) is 4.87. The Morgan fingerprint density at radius 3 is 2.92 bits per heavy atom. The van der Waals surface area contributed by atoms with E-state index in [-0.39, 0.29) is 18.4 Å². The Hall–Kier alpha value is -0.220. The van der Waals surface area contributed by atoms with Crippen LogP contribution in [0.25, 0.3) is 0 Å². The maximum atomic E-state index is 11.4. The molecule has 0 aromatic rings. The Morgan fingerprint density at radius 2 is 2.46 bits per heavy atom. The molecule has 1 saturated heterocycles. The normalized spacial score (nSPS) is 25.3. The van der Waals surface area contributed by atoms with E-state index in [4.69, 9.17) is 5.11 Å². The molecule has 2 atom stereocenters. The third-order valence-electron chi connectivity index (χ3n) is 2.43. The third-order valence-corrected chi connectivity index (χ3v) is 3.39. The van der Waals surface area contributed by atoms with E-state index in [1.54, 1.807) is 11.8 Å². The van der Waals surface area contributed by atoms with Gasteiger partial charge in [0.1, 0.15) is 0 Å². The third kappa shape index (κ3) is 2.88. The molecule has 1 N–H and O–H groups in total. The molecule has 2 unspecified atom stereocenters. The molecule has 0 aliphatic carbocycles. The molecule has 1 fully saturated rings. The highest BCUT2D eigenvalue weighted by Crippen LogP contribution is 2.19. The van der Waals surface area contributed by atoms with E-state index in [1.165, 1.54) is 0 Å². The Morgan fingerprint density at radius 1 is 1.77 bits per heavy atom. The molecule has 1 amide bonds. The van der Waals surface area contributed by atoms with Gasteiger partial charge in [-0.15, -0.1) is 0 Å². The number of carbonyl (C=O) groups excluding carboxylic acids is 1. The molecule has 76 valence electrons. The zero-order valence-corrected chi connectivity index (χ0v) is 9.01. The van der Waals surface area contributed by atoms with Gasteiger partial charge in [0.2, 0.25) is 5.91 Å². The predicted octanol–water partition coefficient (Wildman–Crippen LogP) is 0.579. The fraction of sp³-hybridized carbons (Fsp3) is 0.889. The van der Waals surface area contributed by atoms with E-state index in [0.29, 0.717) is 11.7 Å². The first-order valence-corrected chi connectivity index (χ1v) is 5.87. The van der Waals surface area contributed by atoms with Gasteiger partial charge in [0.15, 0.2) is 0 Å². The molecule has 1 rings (SSSR count). The molecule has 3 nitrogen and oxygen atoms in total. The van der Waals surface area contributed by atoms with Crippen LogP contribution in [0, 0.1) is 5.92 Å². The van der Waals surface area contributed by atoms with Crippen LogP contribution in [0.3, 0.4) is 0 Å². The second-order valence-electron chi connectivity index (χ2n) is 3.60. The Balaban J connectivity index is 2.39. The van der Waals surface area contributed by atoms with E-state index in [2.05, 4.69) is 13.2 Å². The lowest BCUT2D eigenvalue weighted by Crippen LogP contribution is -2.31. The van der Waals surface area contributed by atoms with Crippen molar-refractivity contribution in [2.45, 2.75) is 18.6 Å². The van der Waals surface area contributed by atoms with Gasteiger partial charge in [0.25, 0.3) is 0 Å². The van der Waals surface area contributed by atoms with Gasteiger partial charge in [-0.3, -0.25) is 4.79 Å². The van der Waals surface area contributed by atoms with Crippen LogP contribution in [0.15, 0.2) is 0 Å². The SMILES string of the molecule is CSC(C)CN1CC(CO)CC1=O. The molecule has 0 aromatic heterocycles. The highest BCUT2D eigenvalue weighted by atomic mass is 32.2. The van der Waals surface area contributed by atoms with Crippen LogP contribution in [0.2, 0.25) is 0 Å². The second kappa shape index (κ2) is 4.86. The lowest BCUT2D eigenvalue weighted by Gasteiger charge is -2.19. The summed E-state index contributed by atoms with van der Waals surface area (Å²) in [6, 6.07) is 0. The van der Waals surface area contributed by atoms with Crippen molar-refractivity contribution in [3.63, 3.8) is 0 Å². The van der Waals surface area contributed by atoms with Gasteiger partial charge in [0, 0.05) is 37.3 Å². The van der Waals surface area contributed by atoms with E-state index >= 15 is 0 Å². The summed E-state index contributed by atoms with van der Waals surface area (Å²) in [4.78, 5) is 13.3. The zero-order valence-electron chi connectivity index (χ0n) is 8.19. The topological polar surface area (TPSA) is 40.5 Å². The van der Waals surface area contributed by atoms with E-state index in [9.17, 15) is 4.79 Å². The van der Waals surface area contributed by atoms with Crippen molar-refractivity contribution < 1.29 is 9.90 Å². The lowest BCUT2D eigenvalue weighted by molar-refractivity contribution is -0.127. The van der Waals surface area contributed by atoms with E-state index < -0.39 is 0 Å². The van der Waals surface area contributed by atoms with Gasteiger partial charge in [-0.1, -0.05) is 6.92 Å². The minimum Gasteiger partial charge on any atom is -0.396 e. The van der Waals surface area contributed by atoms with Gasteiger partial charge in [-0.05, 0) is 6.26 Å². The number of amides is 1. The average molecular weight is 203 g/mol. The number of aliphatic hydroxyl groups excluding tert-OH is 1. The molecular formula is C9H17NO2S. The molecule has 0 spiro atoms. The van der Waals surface area contributed by atoms with Crippen LogP contribution in [-0.2, 0) is 4.79 Å². The molecule has 4 heteroatoms. The fourth-order valence-corrected chi connectivity index (χ4v) is 1.87. The first kappa shape index (κ1) is 10.9. The molecule has 13 heavy (non-hydrogen) atoms. The van der Waals surface area contributed by atoms with E-state index in [1.807, 2.05) is 4.90 Å². The first-order chi connectivity index (χ1) is 6.17. The van der Waals surface area contributed by atoms with Crippen LogP contribution in [0.1, 0.15) is 13.3 Å². The molecule has 1 aliphatic heterocycles. The Labute approximate surface area is 83.5 Å². The van der Waals surface area contributed by atoms with Crippen molar-refractivity contribution in [1.82, 2.24) is 4.90 Å². The van der Waals surface area contributed by atoms with Crippen LogP contribution < -0.4 is 0 Å². The van der Waals surface area contributed by atoms with Crippen LogP contribution in [-0.4, -0.2) is 47.1 Å². The smallest absolute Gasteiger partial charge is 0.223 e. The summed E-state index contributed by atoms with van der Waals surface area (Å²) in [7, 11) is 0. The summed E-state index contributed by atoms with van der Waals surface area (Å²) in [6.45, 7) is 3.80. The van der Waals surface area contributed by atoms with Gasteiger partial charge in [0.05, 0.1) is 0 Å². The highest BCUT2D eigenvalue weighted by Gasteiger charge is 2.29. The minimum absolute atomic E-state index is 0.135. The quantitative estimate of drug-likeness (QED) is 0.726. The van der Waals surface area contributed by atoms with Crippen molar-refractivity contribution in [2.24, 2.45) is 5.92 Å². The number of nitrogens with zero attached hydrogens (tertiary/aromatic N) is 1. The minimum atomic E-state index is 0.135. The van der Waals surface area contributed by atoms with Crippen LogP contribution in [0.4, 0.5) is 0 Å². The Bertz CT molecular complexity index is 186. The molecule has 1 aliphatic rings. The molecule has 1 heterocycles. The molecule has 0 aromatic carbocycles. The summed E-state index contributed by atoms with van der Waals surface area (Å²) >= 11 is 1.77. The van der Waals surface area contributed by atoms with Crippen molar-refractivity contribution in [2.75, 3.05) is 26.0 Å². The number of likely N-dealkylation sites (tertiary alicyclic amines) is 1. The fourth-order valence-electron chi connectivity index (χ4n) is 1.54. The largest absolute Gasteiger partial charge is 0.396 e. The molecular weight excluding hydrogens is 186 g/mol. The summed E-state index contributed by atoms with van der Waals surface area (Å²) in [6.07, 6.45) is 2.58. The standard InChI is InChI=1S/C9H17NO2S/c1-7(13-2)4-10-5-8(6-11)3-9(10)12/h7-8,11H,3-6H2,1-2H3. The van der Waals surface area contributed by atoms with Crippen molar-refractivity contribution in [3.05, 3.63) is 0 Å². The number of aliphatic hydroxyl groups is 1. The summed E-state index contributed by atoms with van der Waals surface area (Å²) in [5.74, 6) is 0.363. The van der Waals surface area contributed by atoms with Gasteiger partial charge in [-0.25, -0.2) is 0 Å². The maximum Gasteiger partial charge on any atom is 0.223 e. The van der Waals surface area contributed by atoms with E-state index in [0.717, 1.165) is 13.1 Å². The highest BCUT2D eigenvalue weighted by molar-refractivity contribution is 7.99. The predicted molar refractivity (Wildman–Crippen MR) is 54.7 cm³/mol. The maximum absolute atomic E-state index is 11.4. The van der Waals surface area contributed by atoms with Crippen molar-refractivity contribution >= 4 is 17.7 Å². The molecule has 0 bridgehead atoms. The molecule has 0 radical (unpaired) electrons. The van der Waals surface area contributed by atoms with Gasteiger partial charge in [-0.2, -0.15) is 11.8 Å². The summed E-state index contributed by atoms with van der Waals surface area (Å²) < 4.78 is 0. The Kier molecular flexibility index (Phi) is 4.06. The van der Waals surface area contributed by atoms with Gasteiger partial charge < -0.3 is 10.0 Å². The van der Waals surface area contributed by atoms with Crippen molar-refractivity contribution in [1.29, 1.82) is 0 Å². The number of hydrogen-bond acceptors (Lipinski definition) is 3.